The van der Waals surface area contributed by atoms with Crippen LogP contribution >= 0.6 is 11.3 Å². The van der Waals surface area contributed by atoms with Crippen LogP contribution < -0.4 is 11.3 Å². The molecule has 0 aliphatic rings. The van der Waals surface area contributed by atoms with Gasteiger partial charge < -0.3 is 4.57 Å². The van der Waals surface area contributed by atoms with Gasteiger partial charge in [0.15, 0.2) is 0 Å². The van der Waals surface area contributed by atoms with Crippen LogP contribution in [-0.4, -0.2) is 27.4 Å². The number of carbonyl (C=O) groups is 1. The van der Waals surface area contributed by atoms with Crippen molar-refractivity contribution in [1.82, 2.24) is 19.9 Å². The van der Waals surface area contributed by atoms with Crippen LogP contribution in [0.15, 0.2) is 23.8 Å². The van der Waals surface area contributed by atoms with Crippen molar-refractivity contribution in [2.24, 2.45) is 12.9 Å². The van der Waals surface area contributed by atoms with E-state index in [4.69, 9.17) is 5.84 Å². The maximum atomic E-state index is 11.6. The van der Waals surface area contributed by atoms with Gasteiger partial charge in [-0.15, -0.1) is 11.3 Å². The maximum absolute atomic E-state index is 11.6. The number of aryl methyl sites for hydroxylation is 1. The van der Waals surface area contributed by atoms with E-state index in [-0.39, 0.29) is 5.91 Å². The van der Waals surface area contributed by atoms with Crippen molar-refractivity contribution in [3.63, 3.8) is 0 Å². The number of amides is 1. The van der Waals surface area contributed by atoms with Crippen molar-refractivity contribution in [2.75, 3.05) is 7.05 Å². The highest BCUT2D eigenvalue weighted by Crippen LogP contribution is 2.18. The number of hydrazine groups is 1. The second kappa shape index (κ2) is 5.96. The van der Waals surface area contributed by atoms with E-state index in [1.54, 1.807) is 6.20 Å². The molecule has 3 N–H and O–H groups in total. The molecule has 0 saturated heterocycles. The molecule has 6 nitrogen and oxygen atoms in total. The fourth-order valence-electron chi connectivity index (χ4n) is 1.86. The van der Waals surface area contributed by atoms with E-state index in [1.807, 2.05) is 36.3 Å². The van der Waals surface area contributed by atoms with E-state index in [2.05, 4.69) is 15.3 Å². The number of hydrogen-bond donors (Lipinski definition) is 2. The van der Waals surface area contributed by atoms with Crippen LogP contribution in [0, 0.1) is 0 Å². The summed E-state index contributed by atoms with van der Waals surface area (Å²) in [5.74, 6) is 5.92. The Labute approximate surface area is 115 Å². The summed E-state index contributed by atoms with van der Waals surface area (Å²) in [5, 5.41) is 1.90. The molecule has 2 aromatic rings. The van der Waals surface area contributed by atoms with Crippen molar-refractivity contribution in [2.45, 2.75) is 13.1 Å². The maximum Gasteiger partial charge on any atom is 0.275 e. The first-order chi connectivity index (χ1) is 9.11. The minimum atomic E-state index is -0.240. The monoisotopic (exact) mass is 279 g/mol. The quantitative estimate of drug-likeness (QED) is 0.480. The molecular formula is C12H17N5OS. The van der Waals surface area contributed by atoms with Crippen molar-refractivity contribution in [1.29, 1.82) is 0 Å². The molecule has 0 atom stereocenters. The first-order valence-electron chi connectivity index (χ1n) is 5.84. The summed E-state index contributed by atoms with van der Waals surface area (Å²) in [4.78, 5) is 18.6. The molecule has 0 bridgehead atoms. The Morgan fingerprint density at radius 1 is 1.58 bits per heavy atom. The molecule has 2 aromatic heterocycles. The minimum absolute atomic E-state index is 0.240. The highest BCUT2D eigenvalue weighted by atomic mass is 32.1. The van der Waals surface area contributed by atoms with Gasteiger partial charge in [0, 0.05) is 26.0 Å². The van der Waals surface area contributed by atoms with Gasteiger partial charge >= 0.3 is 0 Å². The van der Waals surface area contributed by atoms with Crippen LogP contribution in [-0.2, 0) is 20.1 Å². The number of nitrogen functional groups attached to an aromatic ring is 1. The van der Waals surface area contributed by atoms with Gasteiger partial charge in [0.05, 0.1) is 11.4 Å². The largest absolute Gasteiger partial charge is 0.337 e. The van der Waals surface area contributed by atoms with Crippen LogP contribution in [0.1, 0.15) is 21.1 Å². The van der Waals surface area contributed by atoms with E-state index < -0.39 is 0 Å². The zero-order chi connectivity index (χ0) is 13.8. The lowest BCUT2D eigenvalue weighted by molar-refractivity contribution is 0.0956. The number of imidazole rings is 1. The molecule has 0 aliphatic carbocycles. The molecule has 2 heterocycles. The second-order valence-corrected chi connectivity index (χ2v) is 5.29. The Hall–Kier alpha value is -1.70. The molecule has 0 saturated carbocycles. The van der Waals surface area contributed by atoms with E-state index >= 15 is 0 Å². The first kappa shape index (κ1) is 13.7. The molecule has 2 rings (SSSR count). The molecule has 0 unspecified atom stereocenters. The van der Waals surface area contributed by atoms with Gasteiger partial charge in [-0.25, -0.2) is 10.8 Å². The Morgan fingerprint density at radius 3 is 3.00 bits per heavy atom. The molecule has 0 radical (unpaired) electrons. The Kier molecular flexibility index (Phi) is 4.31. The van der Waals surface area contributed by atoms with E-state index in [0.717, 1.165) is 17.9 Å². The molecule has 0 spiro atoms. The summed E-state index contributed by atoms with van der Waals surface area (Å²) in [5.41, 5.74) is 3.15. The van der Waals surface area contributed by atoms with E-state index in [1.165, 1.54) is 11.3 Å². The minimum Gasteiger partial charge on any atom is -0.337 e. The lowest BCUT2D eigenvalue weighted by Gasteiger charge is -2.16. The third-order valence-electron chi connectivity index (χ3n) is 2.86. The summed E-state index contributed by atoms with van der Waals surface area (Å²) in [7, 11) is 3.96. The SMILES string of the molecule is CN(Cc1ccsc1C(=O)NN)Cc1nccn1C. The van der Waals surface area contributed by atoms with Crippen LogP contribution in [0.4, 0.5) is 0 Å². The number of nitrogens with two attached hydrogens (primary N) is 1. The molecule has 0 fully saturated rings. The summed E-state index contributed by atoms with van der Waals surface area (Å²) in [6.07, 6.45) is 3.70. The van der Waals surface area contributed by atoms with Crippen LogP contribution in [0.3, 0.4) is 0 Å². The third-order valence-corrected chi connectivity index (χ3v) is 3.81. The normalized spacial score (nSPS) is 10.9. The fourth-order valence-corrected chi connectivity index (χ4v) is 2.68. The molecule has 1 amide bonds. The topological polar surface area (TPSA) is 76.2 Å². The van der Waals surface area contributed by atoms with E-state index in [9.17, 15) is 4.79 Å². The summed E-state index contributed by atoms with van der Waals surface area (Å²) in [6.45, 7) is 1.40. The van der Waals surface area contributed by atoms with Crippen molar-refractivity contribution >= 4 is 17.2 Å². The van der Waals surface area contributed by atoms with Gasteiger partial charge in [0.2, 0.25) is 0 Å². The Morgan fingerprint density at radius 2 is 2.37 bits per heavy atom. The van der Waals surface area contributed by atoms with Crippen molar-refractivity contribution in [3.05, 3.63) is 40.1 Å². The number of aromatic nitrogens is 2. The lowest BCUT2D eigenvalue weighted by atomic mass is 10.2. The second-order valence-electron chi connectivity index (χ2n) is 4.38. The van der Waals surface area contributed by atoms with Crippen molar-refractivity contribution < 1.29 is 4.79 Å². The Balaban J connectivity index is 2.03. The molecular weight excluding hydrogens is 262 g/mol. The van der Waals surface area contributed by atoms with Gasteiger partial charge in [0.25, 0.3) is 5.91 Å². The number of carbonyl (C=O) groups excluding carboxylic acids is 1. The van der Waals surface area contributed by atoms with E-state index in [0.29, 0.717) is 11.4 Å². The number of thiophene rings is 1. The third kappa shape index (κ3) is 3.19. The first-order valence-corrected chi connectivity index (χ1v) is 6.72. The predicted octanol–water partition coefficient (Wildman–Crippen LogP) is 0.717. The van der Waals surface area contributed by atoms with Crippen LogP contribution in [0.25, 0.3) is 0 Å². The number of nitrogens with zero attached hydrogens (tertiary/aromatic N) is 3. The fraction of sp³-hybridized carbons (Fsp3) is 0.333. The summed E-state index contributed by atoms with van der Waals surface area (Å²) in [6, 6.07) is 1.95. The van der Waals surface area contributed by atoms with Crippen LogP contribution in [0.5, 0.6) is 0 Å². The highest BCUT2D eigenvalue weighted by molar-refractivity contribution is 7.12. The number of nitrogens with one attached hydrogen (secondary N) is 1. The average molecular weight is 279 g/mol. The number of rotatable bonds is 5. The van der Waals surface area contributed by atoms with Gasteiger partial charge in [-0.1, -0.05) is 0 Å². The van der Waals surface area contributed by atoms with Gasteiger partial charge in [-0.3, -0.25) is 15.1 Å². The zero-order valence-electron chi connectivity index (χ0n) is 11.0. The molecule has 0 aromatic carbocycles. The van der Waals surface area contributed by atoms with Gasteiger partial charge in [-0.2, -0.15) is 0 Å². The molecule has 0 aliphatic heterocycles. The van der Waals surface area contributed by atoms with Gasteiger partial charge in [-0.05, 0) is 24.1 Å². The standard InChI is InChI=1S/C12H17N5OS/c1-16(8-10-14-4-5-17(10)2)7-9-3-6-19-11(9)12(18)15-13/h3-6H,7-8,13H2,1-2H3,(H,15,18). The smallest absolute Gasteiger partial charge is 0.275 e. The predicted molar refractivity (Wildman–Crippen MR) is 74.4 cm³/mol. The molecule has 102 valence electrons. The van der Waals surface area contributed by atoms with Crippen molar-refractivity contribution in [3.8, 4) is 0 Å². The highest BCUT2D eigenvalue weighted by Gasteiger charge is 2.14. The Bertz CT molecular complexity index is 562. The van der Waals surface area contributed by atoms with Crippen LogP contribution in [0.2, 0.25) is 0 Å². The molecule has 7 heteroatoms. The molecule has 19 heavy (non-hydrogen) atoms. The summed E-state index contributed by atoms with van der Waals surface area (Å²) >= 11 is 1.40. The lowest BCUT2D eigenvalue weighted by Crippen LogP contribution is -2.30. The number of hydrogen-bond acceptors (Lipinski definition) is 5. The zero-order valence-corrected chi connectivity index (χ0v) is 11.8. The summed E-state index contributed by atoms with van der Waals surface area (Å²) < 4.78 is 1.98. The van der Waals surface area contributed by atoms with Gasteiger partial charge in [0.1, 0.15) is 5.82 Å². The average Bonchev–Trinajstić information content (AvgIpc) is 2.99.